The van der Waals surface area contributed by atoms with Crippen molar-refractivity contribution >= 4 is 34.6 Å². The van der Waals surface area contributed by atoms with Crippen molar-refractivity contribution in [3.05, 3.63) is 83.6 Å². The number of halogens is 2. The fraction of sp³-hybridized carbons (Fsp3) is 0.0500. The first kappa shape index (κ1) is 17.8. The molecule has 132 valence electrons. The van der Waals surface area contributed by atoms with Crippen molar-refractivity contribution in [2.45, 2.75) is 0 Å². The van der Waals surface area contributed by atoms with E-state index in [2.05, 4.69) is 10.6 Å². The second kappa shape index (κ2) is 8.36. The minimum Gasteiger partial charge on any atom is -0.484 e. The number of carbonyl (C=O) groups excluding carboxylic acids is 1. The average molecular weight is 371 g/mol. The predicted molar refractivity (Wildman–Crippen MR) is 102 cm³/mol. The van der Waals surface area contributed by atoms with Crippen molar-refractivity contribution in [3.63, 3.8) is 0 Å². The lowest BCUT2D eigenvalue weighted by molar-refractivity contribution is -0.118. The van der Waals surface area contributed by atoms with Gasteiger partial charge in [-0.2, -0.15) is 0 Å². The lowest BCUT2D eigenvalue weighted by Gasteiger charge is -2.10. The average Bonchev–Trinajstić information content (AvgIpc) is 2.64. The second-order valence-electron chi connectivity index (χ2n) is 5.48. The summed E-state index contributed by atoms with van der Waals surface area (Å²) < 4.78 is 18.4. The zero-order valence-electron chi connectivity index (χ0n) is 13.7. The molecule has 0 bridgehead atoms. The highest BCUT2D eigenvalue weighted by Crippen LogP contribution is 2.23. The molecule has 4 nitrogen and oxygen atoms in total. The summed E-state index contributed by atoms with van der Waals surface area (Å²) in [4.78, 5) is 11.9. The molecule has 2 N–H and O–H groups in total. The number of rotatable bonds is 6. The van der Waals surface area contributed by atoms with Gasteiger partial charge in [0.25, 0.3) is 5.91 Å². The summed E-state index contributed by atoms with van der Waals surface area (Å²) in [5.74, 6) is -0.289. The Labute approximate surface area is 155 Å². The minimum absolute atomic E-state index is 0.134. The first-order valence-electron chi connectivity index (χ1n) is 7.90. The van der Waals surface area contributed by atoms with E-state index < -0.39 is 5.82 Å². The van der Waals surface area contributed by atoms with E-state index in [1.54, 1.807) is 12.1 Å². The Bertz CT molecular complexity index is 886. The topological polar surface area (TPSA) is 50.4 Å². The molecular formula is C20H16ClFN2O2. The maximum Gasteiger partial charge on any atom is 0.262 e. The van der Waals surface area contributed by atoms with Crippen molar-refractivity contribution < 1.29 is 13.9 Å². The van der Waals surface area contributed by atoms with Gasteiger partial charge in [0.2, 0.25) is 0 Å². The van der Waals surface area contributed by atoms with Crippen molar-refractivity contribution in [3.8, 4) is 5.75 Å². The number of ether oxygens (including phenoxy) is 1. The Balaban J connectivity index is 1.52. The largest absolute Gasteiger partial charge is 0.484 e. The lowest BCUT2D eigenvalue weighted by atomic mass is 10.2. The van der Waals surface area contributed by atoms with Gasteiger partial charge in [0.15, 0.2) is 6.61 Å². The first-order valence-corrected chi connectivity index (χ1v) is 8.28. The highest BCUT2D eigenvalue weighted by molar-refractivity contribution is 6.33. The smallest absolute Gasteiger partial charge is 0.262 e. The molecule has 0 saturated heterocycles. The Morgan fingerprint density at radius 2 is 1.65 bits per heavy atom. The fourth-order valence-electron chi connectivity index (χ4n) is 2.25. The van der Waals surface area contributed by atoms with E-state index in [1.165, 1.54) is 12.1 Å². The van der Waals surface area contributed by atoms with Gasteiger partial charge in [0.1, 0.15) is 11.6 Å². The van der Waals surface area contributed by atoms with E-state index >= 15 is 0 Å². The summed E-state index contributed by atoms with van der Waals surface area (Å²) >= 11 is 5.87. The third-order valence-corrected chi connectivity index (χ3v) is 3.80. The van der Waals surface area contributed by atoms with Crippen molar-refractivity contribution in [1.29, 1.82) is 0 Å². The standard InChI is InChI=1S/C20H16ClFN2O2/c21-18-12-14(22)6-11-19(18)24-20(25)13-26-17-9-7-16(8-10-17)23-15-4-2-1-3-5-15/h1-12,23H,13H2,(H,24,25). The number of hydrogen-bond donors (Lipinski definition) is 2. The molecule has 0 aliphatic carbocycles. The number of carbonyl (C=O) groups is 1. The van der Waals surface area contributed by atoms with Crippen molar-refractivity contribution in [2.24, 2.45) is 0 Å². The quantitative estimate of drug-likeness (QED) is 0.623. The number of benzene rings is 3. The number of para-hydroxylation sites is 1. The summed E-state index contributed by atoms with van der Waals surface area (Å²) in [7, 11) is 0. The first-order chi connectivity index (χ1) is 12.6. The normalized spacial score (nSPS) is 10.2. The van der Waals surface area contributed by atoms with Crippen LogP contribution >= 0.6 is 11.6 Å². The molecule has 0 aromatic heterocycles. The summed E-state index contributed by atoms with van der Waals surface area (Å²) in [6.07, 6.45) is 0. The van der Waals surface area contributed by atoms with Crippen LogP contribution in [0.1, 0.15) is 0 Å². The molecule has 0 spiro atoms. The van der Waals surface area contributed by atoms with Crippen LogP contribution in [0.3, 0.4) is 0 Å². The Kier molecular flexibility index (Phi) is 5.71. The molecule has 0 aliphatic heterocycles. The summed E-state index contributed by atoms with van der Waals surface area (Å²) in [6.45, 7) is -0.181. The molecule has 0 atom stereocenters. The van der Waals surface area contributed by atoms with Crippen LogP contribution in [0.2, 0.25) is 5.02 Å². The number of nitrogens with one attached hydrogen (secondary N) is 2. The zero-order valence-corrected chi connectivity index (χ0v) is 14.5. The highest BCUT2D eigenvalue weighted by atomic mass is 35.5. The molecule has 26 heavy (non-hydrogen) atoms. The van der Waals surface area contributed by atoms with Crippen LogP contribution in [-0.4, -0.2) is 12.5 Å². The molecule has 0 fully saturated rings. The van der Waals surface area contributed by atoms with Crippen LogP contribution in [0, 0.1) is 5.82 Å². The fourth-order valence-corrected chi connectivity index (χ4v) is 2.46. The molecule has 0 aliphatic rings. The molecule has 0 saturated carbocycles. The molecule has 3 aromatic rings. The molecule has 0 unspecified atom stereocenters. The van der Waals surface area contributed by atoms with Crippen LogP contribution in [0.15, 0.2) is 72.8 Å². The van der Waals surface area contributed by atoms with E-state index in [9.17, 15) is 9.18 Å². The molecule has 6 heteroatoms. The zero-order chi connectivity index (χ0) is 18.4. The van der Waals surface area contributed by atoms with E-state index in [0.29, 0.717) is 11.4 Å². The monoisotopic (exact) mass is 370 g/mol. The van der Waals surface area contributed by atoms with Gasteiger partial charge >= 0.3 is 0 Å². The van der Waals surface area contributed by atoms with Crippen LogP contribution < -0.4 is 15.4 Å². The van der Waals surface area contributed by atoms with Gasteiger partial charge in [0.05, 0.1) is 10.7 Å². The van der Waals surface area contributed by atoms with Crippen LogP contribution in [0.4, 0.5) is 21.5 Å². The van der Waals surface area contributed by atoms with Crippen LogP contribution in [0.25, 0.3) is 0 Å². The van der Waals surface area contributed by atoms with Gasteiger partial charge in [-0.1, -0.05) is 29.8 Å². The molecular weight excluding hydrogens is 355 g/mol. The van der Waals surface area contributed by atoms with Gasteiger partial charge in [-0.15, -0.1) is 0 Å². The van der Waals surface area contributed by atoms with E-state index in [1.807, 2.05) is 42.5 Å². The SMILES string of the molecule is O=C(COc1ccc(Nc2ccccc2)cc1)Nc1ccc(F)cc1Cl. The van der Waals surface area contributed by atoms with Gasteiger partial charge in [-0.25, -0.2) is 4.39 Å². The Hall–Kier alpha value is -3.05. The summed E-state index contributed by atoms with van der Waals surface area (Å²) in [5.41, 5.74) is 2.23. The Morgan fingerprint density at radius 3 is 2.35 bits per heavy atom. The second-order valence-corrected chi connectivity index (χ2v) is 5.88. The van der Waals surface area contributed by atoms with Gasteiger partial charge in [-0.05, 0) is 54.6 Å². The van der Waals surface area contributed by atoms with Gasteiger partial charge < -0.3 is 15.4 Å². The molecule has 1 amide bonds. The van der Waals surface area contributed by atoms with E-state index in [0.717, 1.165) is 17.4 Å². The van der Waals surface area contributed by atoms with Crippen LogP contribution in [0.5, 0.6) is 5.75 Å². The highest BCUT2D eigenvalue weighted by Gasteiger charge is 2.08. The van der Waals surface area contributed by atoms with E-state index in [4.69, 9.17) is 16.3 Å². The molecule has 3 rings (SSSR count). The van der Waals surface area contributed by atoms with Gasteiger partial charge in [-0.3, -0.25) is 4.79 Å². The summed E-state index contributed by atoms with van der Waals surface area (Å²) in [5, 5.41) is 5.97. The number of amides is 1. The van der Waals surface area contributed by atoms with Gasteiger partial charge in [0, 0.05) is 11.4 Å². The third-order valence-electron chi connectivity index (χ3n) is 3.49. The Morgan fingerprint density at radius 1 is 0.962 bits per heavy atom. The maximum atomic E-state index is 13.0. The van der Waals surface area contributed by atoms with Crippen molar-refractivity contribution in [2.75, 3.05) is 17.2 Å². The van der Waals surface area contributed by atoms with E-state index in [-0.39, 0.29) is 17.5 Å². The minimum atomic E-state index is -0.464. The van der Waals surface area contributed by atoms with Crippen molar-refractivity contribution in [1.82, 2.24) is 0 Å². The lowest BCUT2D eigenvalue weighted by Crippen LogP contribution is -2.20. The summed E-state index contributed by atoms with van der Waals surface area (Å²) in [6, 6.07) is 20.8. The maximum absolute atomic E-state index is 13.0. The number of hydrogen-bond acceptors (Lipinski definition) is 3. The third kappa shape index (κ3) is 4.97. The predicted octanol–water partition coefficient (Wildman–Crippen LogP) is 5.24. The number of anilines is 3. The van der Waals surface area contributed by atoms with Crippen LogP contribution in [-0.2, 0) is 4.79 Å². The molecule has 0 heterocycles. The molecule has 3 aromatic carbocycles. The molecule has 0 radical (unpaired) electrons.